The number of halogens is 2. The van der Waals surface area contributed by atoms with Gasteiger partial charge in [0.25, 0.3) is 0 Å². The maximum absolute atomic E-state index is 15.0. The van der Waals surface area contributed by atoms with E-state index in [4.69, 9.17) is 4.74 Å². The average Bonchev–Trinajstić information content (AvgIpc) is 2.58. The van der Waals surface area contributed by atoms with E-state index in [1.807, 2.05) is 0 Å². The van der Waals surface area contributed by atoms with Crippen LogP contribution in [-0.4, -0.2) is 66.7 Å². The van der Waals surface area contributed by atoms with Crippen LogP contribution in [-0.2, 0) is 15.2 Å². The van der Waals surface area contributed by atoms with E-state index < -0.39 is 5.67 Å². The van der Waals surface area contributed by atoms with Gasteiger partial charge in [-0.25, -0.2) is 9.18 Å². The van der Waals surface area contributed by atoms with Crippen LogP contribution in [0.5, 0.6) is 0 Å². The molecule has 3 fully saturated rings. The van der Waals surface area contributed by atoms with E-state index >= 15 is 0 Å². The maximum Gasteiger partial charge on any atom is 0.320 e. The number of hydrogen-bond donors (Lipinski definition) is 1. The van der Waals surface area contributed by atoms with Crippen molar-refractivity contribution in [1.29, 1.82) is 0 Å². The summed E-state index contributed by atoms with van der Waals surface area (Å²) in [5.41, 5.74) is -0.900. The lowest BCUT2D eigenvalue weighted by Gasteiger charge is -2.48. The van der Waals surface area contributed by atoms with Crippen molar-refractivity contribution in [3.8, 4) is 0 Å². The van der Waals surface area contributed by atoms with Gasteiger partial charge in [0, 0.05) is 17.6 Å². The summed E-state index contributed by atoms with van der Waals surface area (Å²) in [5, 5.41) is 2.87. The first-order valence-electron chi connectivity index (χ1n) is 8.34. The molecule has 8 heteroatoms. The molecule has 3 amide bonds. The topological polar surface area (TPSA) is 61.9 Å². The molecular weight excluding hydrogens is 393 g/mol. The average molecular weight is 412 g/mol. The van der Waals surface area contributed by atoms with Gasteiger partial charge in [-0.2, -0.15) is 0 Å². The lowest BCUT2D eigenvalue weighted by atomic mass is 9.88. The number of nitrogens with one attached hydrogen (secondary N) is 1. The van der Waals surface area contributed by atoms with Crippen molar-refractivity contribution in [3.05, 3.63) is 34.3 Å². The van der Waals surface area contributed by atoms with E-state index in [1.54, 1.807) is 29.2 Å². The summed E-state index contributed by atoms with van der Waals surface area (Å²) in [6.07, 6.45) is 0.638. The number of carbonyl (C=O) groups is 2. The molecule has 0 unspecified atom stereocenters. The highest BCUT2D eigenvalue weighted by Crippen LogP contribution is 2.37. The number of benzene rings is 1. The Balaban J connectivity index is 1.37. The number of alkyl halides is 1. The largest absolute Gasteiger partial charge is 0.366 e. The van der Waals surface area contributed by atoms with Crippen LogP contribution in [0.1, 0.15) is 12.0 Å². The summed E-state index contributed by atoms with van der Waals surface area (Å²) < 4.78 is 21.4. The standard InChI is InChI=1S/C17H19BrFN3O3/c18-12-3-1-11(2-4-12)17(19)9-22(10-17)16(24)21-6-5-14-13(7-21)20-15(23)8-25-14/h1-4,13-14H,5-10H2,(H,20,23)/t13-,14+/m1/s1. The summed E-state index contributed by atoms with van der Waals surface area (Å²) in [7, 11) is 0. The van der Waals surface area contributed by atoms with Gasteiger partial charge in [0.1, 0.15) is 6.61 Å². The SMILES string of the molecule is O=C1CO[C@H]2CCN(C(=O)N3CC(F)(c4ccc(Br)cc4)C3)C[C@H]2N1. The summed E-state index contributed by atoms with van der Waals surface area (Å²) >= 11 is 3.34. The molecule has 134 valence electrons. The van der Waals surface area contributed by atoms with Crippen LogP contribution < -0.4 is 5.32 Å². The molecule has 1 aromatic carbocycles. The third-order valence-corrected chi connectivity index (χ3v) is 5.64. The second kappa shape index (κ2) is 6.25. The number of amides is 3. The molecule has 0 radical (unpaired) electrons. The fourth-order valence-corrected chi connectivity index (χ4v) is 3.96. The Labute approximate surface area is 153 Å². The third-order valence-electron chi connectivity index (χ3n) is 5.11. The van der Waals surface area contributed by atoms with Gasteiger partial charge in [-0.05, 0) is 24.1 Å². The second-order valence-corrected chi connectivity index (χ2v) is 7.78. The molecule has 3 aliphatic rings. The second-order valence-electron chi connectivity index (χ2n) is 6.87. The van der Waals surface area contributed by atoms with E-state index in [1.165, 1.54) is 4.90 Å². The molecule has 6 nitrogen and oxygen atoms in total. The molecule has 3 aliphatic heterocycles. The van der Waals surface area contributed by atoms with Gasteiger partial charge < -0.3 is 19.9 Å². The minimum atomic E-state index is -1.49. The summed E-state index contributed by atoms with van der Waals surface area (Å²) in [5.74, 6) is -0.155. The molecule has 2 atom stereocenters. The van der Waals surface area contributed by atoms with Crippen LogP contribution in [0.25, 0.3) is 0 Å². The quantitative estimate of drug-likeness (QED) is 0.763. The Morgan fingerprint density at radius 3 is 2.72 bits per heavy atom. The molecule has 0 bridgehead atoms. The fourth-order valence-electron chi connectivity index (χ4n) is 3.70. The minimum Gasteiger partial charge on any atom is -0.366 e. The van der Waals surface area contributed by atoms with Gasteiger partial charge in [0.2, 0.25) is 5.91 Å². The number of rotatable bonds is 1. The summed E-state index contributed by atoms with van der Waals surface area (Å²) in [6.45, 7) is 1.16. The highest BCUT2D eigenvalue weighted by Gasteiger charge is 2.49. The zero-order valence-electron chi connectivity index (χ0n) is 13.6. The van der Waals surface area contributed by atoms with E-state index in [2.05, 4.69) is 21.2 Å². The highest BCUT2D eigenvalue weighted by atomic mass is 79.9. The van der Waals surface area contributed by atoms with Gasteiger partial charge in [0.15, 0.2) is 5.67 Å². The molecule has 25 heavy (non-hydrogen) atoms. The number of carbonyl (C=O) groups excluding carboxylic acids is 2. The molecule has 4 rings (SSSR count). The fraction of sp³-hybridized carbons (Fsp3) is 0.529. The smallest absolute Gasteiger partial charge is 0.320 e. The van der Waals surface area contributed by atoms with Crippen LogP contribution in [0.3, 0.4) is 0 Å². The zero-order valence-corrected chi connectivity index (χ0v) is 15.2. The number of fused-ring (bicyclic) bond motifs is 1. The van der Waals surface area contributed by atoms with Crippen molar-refractivity contribution in [2.45, 2.75) is 24.2 Å². The molecule has 1 aromatic rings. The van der Waals surface area contributed by atoms with E-state index in [-0.39, 0.29) is 43.8 Å². The monoisotopic (exact) mass is 411 g/mol. The van der Waals surface area contributed by atoms with Crippen molar-refractivity contribution < 1.29 is 18.7 Å². The number of morpholine rings is 1. The van der Waals surface area contributed by atoms with Gasteiger partial charge >= 0.3 is 6.03 Å². The minimum absolute atomic E-state index is 0.0406. The summed E-state index contributed by atoms with van der Waals surface area (Å²) in [4.78, 5) is 27.3. The molecule has 3 saturated heterocycles. The lowest BCUT2D eigenvalue weighted by molar-refractivity contribution is -0.140. The lowest BCUT2D eigenvalue weighted by Crippen LogP contribution is -2.66. The summed E-state index contributed by atoms with van der Waals surface area (Å²) in [6, 6.07) is 6.74. The number of ether oxygens (including phenoxy) is 1. The van der Waals surface area contributed by atoms with E-state index in [9.17, 15) is 14.0 Å². The first kappa shape index (κ1) is 16.8. The molecule has 3 heterocycles. The number of piperidine rings is 1. The Bertz CT molecular complexity index is 693. The van der Waals surface area contributed by atoms with E-state index in [0.717, 1.165) is 4.47 Å². The van der Waals surface area contributed by atoms with Crippen molar-refractivity contribution in [1.82, 2.24) is 15.1 Å². The van der Waals surface area contributed by atoms with E-state index in [0.29, 0.717) is 25.1 Å². The molecule has 1 N–H and O–H groups in total. The van der Waals surface area contributed by atoms with Gasteiger partial charge in [-0.15, -0.1) is 0 Å². The number of likely N-dealkylation sites (tertiary alicyclic amines) is 2. The van der Waals surface area contributed by atoms with Crippen LogP contribution in [0.2, 0.25) is 0 Å². The Morgan fingerprint density at radius 2 is 2.00 bits per heavy atom. The Hall–Kier alpha value is -1.67. The first-order chi connectivity index (χ1) is 11.9. The molecular formula is C17H19BrFN3O3. The van der Waals surface area contributed by atoms with Crippen LogP contribution in [0.4, 0.5) is 9.18 Å². The normalized spacial score (nSPS) is 28.0. The number of urea groups is 1. The van der Waals surface area contributed by atoms with Gasteiger partial charge in [0.05, 0.1) is 25.2 Å². The van der Waals surface area contributed by atoms with Gasteiger partial charge in [-0.3, -0.25) is 4.79 Å². The van der Waals surface area contributed by atoms with Crippen molar-refractivity contribution >= 4 is 27.9 Å². The highest BCUT2D eigenvalue weighted by molar-refractivity contribution is 9.10. The number of hydrogen-bond acceptors (Lipinski definition) is 3. The van der Waals surface area contributed by atoms with Gasteiger partial charge in [-0.1, -0.05) is 28.1 Å². The molecule has 0 saturated carbocycles. The first-order valence-corrected chi connectivity index (χ1v) is 9.14. The number of nitrogens with zero attached hydrogens (tertiary/aromatic N) is 2. The zero-order chi connectivity index (χ0) is 17.6. The van der Waals surface area contributed by atoms with Crippen molar-refractivity contribution in [2.24, 2.45) is 0 Å². The maximum atomic E-state index is 15.0. The van der Waals surface area contributed by atoms with Crippen molar-refractivity contribution in [3.63, 3.8) is 0 Å². The molecule has 0 aromatic heterocycles. The van der Waals surface area contributed by atoms with Crippen LogP contribution in [0, 0.1) is 0 Å². The predicted octanol–water partition coefficient (Wildman–Crippen LogP) is 1.64. The Kier molecular flexibility index (Phi) is 4.19. The van der Waals surface area contributed by atoms with Crippen LogP contribution >= 0.6 is 15.9 Å². The van der Waals surface area contributed by atoms with Crippen molar-refractivity contribution in [2.75, 3.05) is 32.8 Å². The molecule has 0 spiro atoms. The molecule has 0 aliphatic carbocycles. The van der Waals surface area contributed by atoms with Crippen LogP contribution in [0.15, 0.2) is 28.7 Å². The Morgan fingerprint density at radius 1 is 1.28 bits per heavy atom. The predicted molar refractivity (Wildman–Crippen MR) is 91.8 cm³/mol. The third kappa shape index (κ3) is 3.13.